The van der Waals surface area contributed by atoms with Crippen molar-refractivity contribution < 1.29 is 4.74 Å². The average Bonchev–Trinajstić information content (AvgIpc) is 2.67. The van der Waals surface area contributed by atoms with Gasteiger partial charge in [-0.25, -0.2) is 0 Å². The molecule has 84 valence electrons. The number of nitrogens with zero attached hydrogens (tertiary/aromatic N) is 2. The van der Waals surface area contributed by atoms with E-state index in [1.165, 1.54) is 11.5 Å². The molecule has 0 bridgehead atoms. The lowest BCUT2D eigenvalue weighted by Gasteiger charge is -2.04. The molecule has 1 heterocycles. The third-order valence-corrected chi connectivity index (χ3v) is 2.50. The molecule has 0 amide bonds. The van der Waals surface area contributed by atoms with Crippen LogP contribution in [0.15, 0.2) is 24.3 Å². The number of nitrogen functional groups attached to an aromatic ring is 1. The van der Waals surface area contributed by atoms with Crippen LogP contribution in [0.25, 0.3) is 0 Å². The highest BCUT2D eigenvalue weighted by Gasteiger charge is 2.01. The number of aromatic nitrogens is 2. The Balaban J connectivity index is 2.05. The Morgan fingerprint density at radius 3 is 2.69 bits per heavy atom. The predicted molar refractivity (Wildman–Crippen MR) is 65.2 cm³/mol. The number of benzene rings is 1. The Morgan fingerprint density at radius 1 is 1.38 bits per heavy atom. The molecule has 6 heteroatoms. The maximum atomic E-state index is 5.42. The van der Waals surface area contributed by atoms with Gasteiger partial charge in [-0.3, -0.25) is 0 Å². The van der Waals surface area contributed by atoms with E-state index in [1.807, 2.05) is 31.2 Å². The van der Waals surface area contributed by atoms with Crippen molar-refractivity contribution in [2.24, 2.45) is 0 Å². The highest BCUT2D eigenvalue weighted by Crippen LogP contribution is 2.21. The predicted octanol–water partition coefficient (Wildman–Crippen LogP) is 2.26. The Hall–Kier alpha value is -1.82. The number of anilines is 3. The largest absolute Gasteiger partial charge is 0.494 e. The van der Waals surface area contributed by atoms with Crippen LogP contribution >= 0.6 is 11.5 Å². The van der Waals surface area contributed by atoms with E-state index in [9.17, 15) is 0 Å². The summed E-state index contributed by atoms with van der Waals surface area (Å²) >= 11 is 1.23. The van der Waals surface area contributed by atoms with Gasteiger partial charge >= 0.3 is 0 Å². The Morgan fingerprint density at radius 2 is 2.12 bits per heavy atom. The first-order valence-corrected chi connectivity index (χ1v) is 5.64. The summed E-state index contributed by atoms with van der Waals surface area (Å²) in [7, 11) is 0. The van der Waals surface area contributed by atoms with Gasteiger partial charge in [0.1, 0.15) is 5.75 Å². The van der Waals surface area contributed by atoms with E-state index in [0.29, 0.717) is 17.7 Å². The monoisotopic (exact) mass is 236 g/mol. The molecule has 0 atom stereocenters. The van der Waals surface area contributed by atoms with Crippen LogP contribution in [0.3, 0.4) is 0 Å². The minimum absolute atomic E-state index is 0.290. The maximum absolute atomic E-state index is 5.42. The first kappa shape index (κ1) is 10.7. The summed E-state index contributed by atoms with van der Waals surface area (Å²) < 4.78 is 9.22. The minimum Gasteiger partial charge on any atom is -0.494 e. The van der Waals surface area contributed by atoms with Crippen LogP contribution in [0.4, 0.5) is 16.8 Å². The molecule has 1 aromatic carbocycles. The van der Waals surface area contributed by atoms with Gasteiger partial charge in [0.25, 0.3) is 0 Å². The van der Waals surface area contributed by atoms with Crippen molar-refractivity contribution in [1.29, 1.82) is 0 Å². The van der Waals surface area contributed by atoms with Gasteiger partial charge in [0, 0.05) is 17.2 Å². The topological polar surface area (TPSA) is 73.1 Å². The van der Waals surface area contributed by atoms with Gasteiger partial charge in [-0.05, 0) is 31.2 Å². The summed E-state index contributed by atoms with van der Waals surface area (Å²) in [6.07, 6.45) is 0. The molecule has 0 aliphatic heterocycles. The zero-order chi connectivity index (χ0) is 11.4. The van der Waals surface area contributed by atoms with Crippen molar-refractivity contribution in [3.63, 3.8) is 0 Å². The molecule has 0 aliphatic carbocycles. The van der Waals surface area contributed by atoms with Gasteiger partial charge in [-0.15, -0.1) is 0 Å². The highest BCUT2D eigenvalue weighted by molar-refractivity contribution is 7.10. The molecule has 0 saturated heterocycles. The molecule has 0 saturated carbocycles. The van der Waals surface area contributed by atoms with Crippen LogP contribution in [0.5, 0.6) is 5.75 Å². The second-order valence-electron chi connectivity index (χ2n) is 3.04. The second-order valence-corrected chi connectivity index (χ2v) is 3.79. The first-order chi connectivity index (χ1) is 7.78. The van der Waals surface area contributed by atoms with Gasteiger partial charge in [0.15, 0.2) is 0 Å². The zero-order valence-corrected chi connectivity index (χ0v) is 9.62. The summed E-state index contributed by atoms with van der Waals surface area (Å²) in [6.45, 7) is 2.62. The lowest BCUT2D eigenvalue weighted by molar-refractivity contribution is 0.340. The fourth-order valence-corrected chi connectivity index (χ4v) is 1.73. The summed E-state index contributed by atoms with van der Waals surface area (Å²) in [5.74, 6) is 1.14. The fraction of sp³-hybridized carbons (Fsp3) is 0.200. The van der Waals surface area contributed by atoms with Crippen molar-refractivity contribution in [2.45, 2.75) is 6.92 Å². The maximum Gasteiger partial charge on any atom is 0.233 e. The Kier molecular flexibility index (Phi) is 3.21. The third-order valence-electron chi connectivity index (χ3n) is 1.86. The Bertz CT molecular complexity index is 454. The minimum atomic E-state index is 0.290. The SMILES string of the molecule is CCOc1ccc(Nc2nc(N)ns2)cc1. The van der Waals surface area contributed by atoms with Crippen LogP contribution in [0.1, 0.15) is 6.92 Å². The summed E-state index contributed by atoms with van der Waals surface area (Å²) in [6, 6.07) is 7.64. The van der Waals surface area contributed by atoms with Gasteiger partial charge < -0.3 is 15.8 Å². The smallest absolute Gasteiger partial charge is 0.233 e. The quantitative estimate of drug-likeness (QED) is 0.851. The van der Waals surface area contributed by atoms with E-state index >= 15 is 0 Å². The van der Waals surface area contributed by atoms with Gasteiger partial charge in [0.05, 0.1) is 6.61 Å². The first-order valence-electron chi connectivity index (χ1n) is 4.87. The number of ether oxygens (including phenoxy) is 1. The molecule has 0 unspecified atom stereocenters. The van der Waals surface area contributed by atoms with E-state index in [4.69, 9.17) is 10.5 Å². The summed E-state index contributed by atoms with van der Waals surface area (Å²) in [4.78, 5) is 4.01. The molecule has 0 spiro atoms. The van der Waals surface area contributed by atoms with Gasteiger partial charge in [-0.1, -0.05) is 0 Å². The van der Waals surface area contributed by atoms with Crippen molar-refractivity contribution >= 4 is 28.3 Å². The van der Waals surface area contributed by atoms with Crippen LogP contribution < -0.4 is 15.8 Å². The van der Waals surface area contributed by atoms with Crippen LogP contribution in [-0.4, -0.2) is 16.0 Å². The van der Waals surface area contributed by atoms with Crippen LogP contribution in [-0.2, 0) is 0 Å². The van der Waals surface area contributed by atoms with Crippen LogP contribution in [0.2, 0.25) is 0 Å². The highest BCUT2D eigenvalue weighted by atomic mass is 32.1. The van der Waals surface area contributed by atoms with E-state index in [0.717, 1.165) is 11.4 Å². The van der Waals surface area contributed by atoms with E-state index in [-0.39, 0.29) is 0 Å². The number of hydrogen-bond donors (Lipinski definition) is 2. The lowest BCUT2D eigenvalue weighted by Crippen LogP contribution is -1.93. The van der Waals surface area contributed by atoms with E-state index in [1.54, 1.807) is 0 Å². The average molecular weight is 236 g/mol. The second kappa shape index (κ2) is 4.80. The molecule has 3 N–H and O–H groups in total. The standard InChI is InChI=1S/C10H12N4OS/c1-2-15-8-5-3-7(4-6-8)12-10-13-9(11)14-16-10/h3-6H,2H2,1H3,(H3,11,12,13,14). The van der Waals surface area contributed by atoms with Crippen molar-refractivity contribution in [3.05, 3.63) is 24.3 Å². The lowest BCUT2D eigenvalue weighted by atomic mass is 10.3. The summed E-state index contributed by atoms with van der Waals surface area (Å²) in [5, 5.41) is 3.79. The molecular weight excluding hydrogens is 224 g/mol. The molecule has 0 fully saturated rings. The van der Waals surface area contributed by atoms with Gasteiger partial charge in [-0.2, -0.15) is 9.36 Å². The van der Waals surface area contributed by atoms with Crippen molar-refractivity contribution in [3.8, 4) is 5.75 Å². The molecular formula is C10H12N4OS. The zero-order valence-electron chi connectivity index (χ0n) is 8.80. The number of hydrogen-bond acceptors (Lipinski definition) is 6. The molecule has 2 aromatic rings. The molecule has 16 heavy (non-hydrogen) atoms. The van der Waals surface area contributed by atoms with E-state index in [2.05, 4.69) is 14.7 Å². The number of nitrogens with two attached hydrogens (primary N) is 1. The molecule has 0 radical (unpaired) electrons. The molecule has 2 rings (SSSR count). The molecule has 5 nitrogen and oxygen atoms in total. The molecule has 1 aromatic heterocycles. The van der Waals surface area contributed by atoms with Crippen molar-refractivity contribution in [2.75, 3.05) is 17.7 Å². The van der Waals surface area contributed by atoms with Crippen molar-refractivity contribution in [1.82, 2.24) is 9.36 Å². The number of rotatable bonds is 4. The van der Waals surface area contributed by atoms with E-state index < -0.39 is 0 Å². The van der Waals surface area contributed by atoms with Gasteiger partial charge in [0.2, 0.25) is 11.1 Å². The molecule has 0 aliphatic rings. The summed E-state index contributed by atoms with van der Waals surface area (Å²) in [5.41, 5.74) is 6.35. The normalized spacial score (nSPS) is 10.1. The fourth-order valence-electron chi connectivity index (χ4n) is 1.21. The third kappa shape index (κ3) is 2.60. The number of nitrogens with one attached hydrogen (secondary N) is 1. The van der Waals surface area contributed by atoms with Crippen LogP contribution in [0, 0.1) is 0 Å². The Labute approximate surface area is 97.4 Å².